The third kappa shape index (κ3) is 12.0. The molecule has 0 saturated carbocycles. The predicted molar refractivity (Wildman–Crippen MR) is 74.4 cm³/mol. The zero-order valence-corrected chi connectivity index (χ0v) is 11.7. The maximum Gasteiger partial charge on any atom is 0.303 e. The van der Waals surface area contributed by atoms with E-state index in [0.29, 0.717) is 5.75 Å². The van der Waals surface area contributed by atoms with Crippen LogP contribution in [0, 0.1) is 0 Å². The first-order valence-corrected chi connectivity index (χ1v) is 5.71. The second-order valence-electron chi connectivity index (χ2n) is 4.63. The maximum atomic E-state index is 10.2. The lowest BCUT2D eigenvalue weighted by Gasteiger charge is -2.17. The summed E-state index contributed by atoms with van der Waals surface area (Å²) in [6.45, 7) is 6.93. The zero-order chi connectivity index (χ0) is 14.9. The molecule has 1 rings (SSSR count). The summed E-state index contributed by atoms with van der Waals surface area (Å²) >= 11 is 0. The van der Waals surface area contributed by atoms with Gasteiger partial charge in [0.2, 0.25) is 5.96 Å². The summed E-state index contributed by atoms with van der Waals surface area (Å²) in [5, 5.41) is 3.37. The van der Waals surface area contributed by atoms with Crippen molar-refractivity contribution in [2.45, 2.75) is 33.3 Å². The van der Waals surface area contributed by atoms with Gasteiger partial charge in [0.05, 0.1) is 0 Å². The van der Waals surface area contributed by atoms with Gasteiger partial charge in [-0.1, -0.05) is 18.2 Å². The summed E-state index contributed by atoms with van der Waals surface area (Å²) in [7, 11) is 0. The van der Waals surface area contributed by atoms with Gasteiger partial charge in [-0.15, -0.1) is 0 Å². The van der Waals surface area contributed by atoms with E-state index in [1.165, 1.54) is 6.92 Å². The van der Waals surface area contributed by atoms with Crippen LogP contribution in [-0.4, -0.2) is 17.5 Å². The average molecular weight is 267 g/mol. The van der Waals surface area contributed by atoms with E-state index in [1.807, 2.05) is 39.0 Å². The van der Waals surface area contributed by atoms with Crippen LogP contribution in [0.15, 0.2) is 35.5 Å². The first kappa shape index (κ1) is 16.8. The van der Waals surface area contributed by atoms with Crippen LogP contribution >= 0.6 is 0 Å². The van der Waals surface area contributed by atoms with E-state index in [4.69, 9.17) is 21.0 Å². The largest absolute Gasteiger partial charge is 0.460 e. The fourth-order valence-electron chi connectivity index (χ4n) is 1.02. The molecule has 0 atom stereocenters. The highest BCUT2D eigenvalue weighted by Gasteiger charge is 2.11. The van der Waals surface area contributed by atoms with Crippen molar-refractivity contribution >= 4 is 11.9 Å². The summed E-state index contributed by atoms with van der Waals surface area (Å²) in [5.41, 5.74) is 9.76. The van der Waals surface area contributed by atoms with Crippen LogP contribution in [0.1, 0.15) is 27.7 Å². The minimum Gasteiger partial charge on any atom is -0.460 e. The molecular formula is C13H21N3O3. The number of esters is 1. The third-order valence-electron chi connectivity index (χ3n) is 1.45. The minimum absolute atomic E-state index is 0.0890. The van der Waals surface area contributed by atoms with Gasteiger partial charge in [-0.2, -0.15) is 0 Å². The summed E-state index contributed by atoms with van der Waals surface area (Å²) in [4.78, 5) is 15.0. The molecule has 0 aromatic heterocycles. The zero-order valence-electron chi connectivity index (χ0n) is 11.7. The van der Waals surface area contributed by atoms with Gasteiger partial charge in [-0.3, -0.25) is 4.79 Å². The van der Waals surface area contributed by atoms with Gasteiger partial charge >= 0.3 is 5.97 Å². The van der Waals surface area contributed by atoms with Crippen LogP contribution in [0.25, 0.3) is 0 Å². The average Bonchev–Trinajstić information content (AvgIpc) is 2.25. The molecule has 0 amide bonds. The van der Waals surface area contributed by atoms with Crippen molar-refractivity contribution in [1.82, 2.24) is 0 Å². The van der Waals surface area contributed by atoms with Crippen molar-refractivity contribution in [3.63, 3.8) is 0 Å². The molecule has 0 aliphatic heterocycles. The monoisotopic (exact) mass is 267 g/mol. The van der Waals surface area contributed by atoms with Gasteiger partial charge in [-0.05, 0) is 38.1 Å². The Morgan fingerprint density at radius 1 is 1.16 bits per heavy atom. The summed E-state index contributed by atoms with van der Waals surface area (Å²) in [6, 6.07) is 9.05. The first-order chi connectivity index (χ1) is 8.70. The van der Waals surface area contributed by atoms with Crippen LogP contribution in [0.4, 0.5) is 0 Å². The molecule has 0 saturated heterocycles. The maximum absolute atomic E-state index is 10.2. The lowest BCUT2D eigenvalue weighted by atomic mass is 10.2. The molecule has 4 N–H and O–H groups in total. The first-order valence-electron chi connectivity index (χ1n) is 5.71. The Morgan fingerprint density at radius 3 is 2.00 bits per heavy atom. The highest BCUT2D eigenvalue weighted by atomic mass is 16.6. The molecule has 19 heavy (non-hydrogen) atoms. The molecule has 0 aliphatic rings. The second-order valence-corrected chi connectivity index (χ2v) is 4.63. The molecular weight excluding hydrogens is 246 g/mol. The fourth-order valence-corrected chi connectivity index (χ4v) is 1.02. The molecule has 106 valence electrons. The standard InChI is InChI=1S/C7H9N3O.C6H12O2/c8-7(9)10-11-6-4-2-1-3-5-6;1-5(7)8-6(2,3)4/h1-5H,(H4,8,9,10);1-4H3. The second kappa shape index (κ2) is 7.97. The van der Waals surface area contributed by atoms with Gasteiger partial charge in [-0.25, -0.2) is 0 Å². The van der Waals surface area contributed by atoms with Gasteiger partial charge in [0.15, 0.2) is 5.75 Å². The number of oxime groups is 1. The van der Waals surface area contributed by atoms with Crippen molar-refractivity contribution in [2.75, 3.05) is 0 Å². The predicted octanol–water partition coefficient (Wildman–Crippen LogP) is 1.60. The molecule has 0 unspecified atom stereocenters. The Morgan fingerprint density at radius 2 is 1.68 bits per heavy atom. The Balaban J connectivity index is 0.000000362. The highest BCUT2D eigenvalue weighted by molar-refractivity contribution is 5.75. The number of hydrogen-bond acceptors (Lipinski definition) is 4. The number of carbonyl (C=O) groups is 1. The molecule has 0 radical (unpaired) electrons. The van der Waals surface area contributed by atoms with Crippen molar-refractivity contribution in [2.24, 2.45) is 16.6 Å². The van der Waals surface area contributed by atoms with E-state index < -0.39 is 0 Å². The molecule has 1 aromatic carbocycles. The van der Waals surface area contributed by atoms with Crippen molar-refractivity contribution in [1.29, 1.82) is 0 Å². The molecule has 0 heterocycles. The van der Waals surface area contributed by atoms with E-state index in [9.17, 15) is 4.79 Å². The Bertz CT molecular complexity index is 407. The molecule has 6 nitrogen and oxygen atoms in total. The Kier molecular flexibility index (Phi) is 7.03. The van der Waals surface area contributed by atoms with Gasteiger partial charge in [0.25, 0.3) is 0 Å². The molecule has 0 fully saturated rings. The van der Waals surface area contributed by atoms with Crippen LogP contribution < -0.4 is 16.3 Å². The van der Waals surface area contributed by atoms with E-state index in [1.54, 1.807) is 12.1 Å². The number of nitrogens with two attached hydrogens (primary N) is 2. The lowest BCUT2D eigenvalue weighted by Crippen LogP contribution is -2.23. The van der Waals surface area contributed by atoms with Gasteiger partial charge in [0, 0.05) is 6.92 Å². The van der Waals surface area contributed by atoms with Crippen LogP contribution in [-0.2, 0) is 9.53 Å². The normalized spacial score (nSPS) is 9.68. The number of guanidine groups is 1. The summed E-state index contributed by atoms with van der Waals surface area (Å²) in [6.07, 6.45) is 0. The lowest BCUT2D eigenvalue weighted by molar-refractivity contribution is -0.151. The Hall–Kier alpha value is -2.24. The molecule has 6 heteroatoms. The number of nitrogens with zero attached hydrogens (tertiary/aromatic N) is 1. The SMILES string of the molecule is CC(=O)OC(C)(C)C.NC(N)=NOc1ccccc1. The molecule has 0 bridgehead atoms. The molecule has 1 aromatic rings. The molecule has 0 aliphatic carbocycles. The van der Waals surface area contributed by atoms with Crippen molar-refractivity contribution < 1.29 is 14.4 Å². The minimum atomic E-state index is -0.328. The summed E-state index contributed by atoms with van der Waals surface area (Å²) < 4.78 is 4.80. The number of benzene rings is 1. The van der Waals surface area contributed by atoms with Gasteiger partial charge in [0.1, 0.15) is 5.60 Å². The Labute approximate surface area is 113 Å². The van der Waals surface area contributed by atoms with Crippen LogP contribution in [0.5, 0.6) is 5.75 Å². The van der Waals surface area contributed by atoms with E-state index >= 15 is 0 Å². The number of hydrogen-bond donors (Lipinski definition) is 2. The third-order valence-corrected chi connectivity index (χ3v) is 1.45. The topological polar surface area (TPSA) is 99.9 Å². The number of rotatable bonds is 2. The number of carbonyl (C=O) groups excluding carboxylic acids is 1. The van der Waals surface area contributed by atoms with Crippen LogP contribution in [0.3, 0.4) is 0 Å². The quantitative estimate of drug-likeness (QED) is 0.367. The van der Waals surface area contributed by atoms with E-state index in [0.717, 1.165) is 0 Å². The van der Waals surface area contributed by atoms with E-state index in [-0.39, 0.29) is 17.5 Å². The number of para-hydroxylation sites is 1. The van der Waals surface area contributed by atoms with E-state index in [2.05, 4.69) is 5.16 Å². The van der Waals surface area contributed by atoms with Crippen molar-refractivity contribution in [3.8, 4) is 5.75 Å². The highest BCUT2D eigenvalue weighted by Crippen LogP contribution is 2.07. The van der Waals surface area contributed by atoms with Crippen molar-refractivity contribution in [3.05, 3.63) is 30.3 Å². The van der Waals surface area contributed by atoms with Crippen LogP contribution in [0.2, 0.25) is 0 Å². The number of ether oxygens (including phenoxy) is 1. The molecule has 0 spiro atoms. The summed E-state index contributed by atoms with van der Waals surface area (Å²) in [5.74, 6) is 0.298. The van der Waals surface area contributed by atoms with Gasteiger partial charge < -0.3 is 21.0 Å². The smallest absolute Gasteiger partial charge is 0.303 e. The fraction of sp³-hybridized carbons (Fsp3) is 0.385.